The van der Waals surface area contributed by atoms with Crippen LogP contribution >= 0.6 is 11.6 Å². The Balaban J connectivity index is 1.86. The minimum Gasteiger partial charge on any atom is -0.492 e. The van der Waals surface area contributed by atoms with Crippen molar-refractivity contribution in [1.29, 1.82) is 0 Å². The number of carbonyl (C=O) groups excluding carboxylic acids is 1. The Morgan fingerprint density at radius 3 is 2.29 bits per heavy atom. The third-order valence-corrected chi connectivity index (χ3v) is 6.49. The monoisotopic (exact) mass is 458 g/mol. The summed E-state index contributed by atoms with van der Waals surface area (Å²) in [6, 6.07) is 22.0. The van der Waals surface area contributed by atoms with Crippen LogP contribution in [0.5, 0.6) is 5.75 Å². The highest BCUT2D eigenvalue weighted by Crippen LogP contribution is 2.25. The fraction of sp³-hybridized carbons (Fsp3) is 0.174. The van der Waals surface area contributed by atoms with Crippen LogP contribution in [-0.4, -0.2) is 31.8 Å². The van der Waals surface area contributed by atoms with Gasteiger partial charge in [-0.1, -0.05) is 54.1 Å². The number of para-hydroxylation sites is 2. The molecule has 6 nitrogen and oxygen atoms in total. The number of ether oxygens (including phenoxy) is 1. The molecule has 0 saturated carbocycles. The Morgan fingerprint density at radius 2 is 1.61 bits per heavy atom. The molecule has 0 saturated heterocycles. The molecule has 0 aromatic heterocycles. The van der Waals surface area contributed by atoms with Crippen molar-refractivity contribution in [3.8, 4) is 5.75 Å². The first kappa shape index (κ1) is 22.8. The number of rotatable bonds is 9. The van der Waals surface area contributed by atoms with Gasteiger partial charge in [0.1, 0.15) is 5.75 Å². The highest BCUT2D eigenvalue weighted by atomic mass is 35.5. The normalized spacial score (nSPS) is 11.3. The van der Waals surface area contributed by atoms with E-state index in [4.69, 9.17) is 16.3 Å². The maximum absolute atomic E-state index is 13.3. The molecule has 8 heteroatoms. The number of carbonyl (C=O) groups is 1. The number of nitrogens with one attached hydrogen (secondary N) is 1. The van der Waals surface area contributed by atoms with Crippen LogP contribution in [-0.2, 0) is 21.4 Å². The Bertz CT molecular complexity index is 1120. The lowest BCUT2D eigenvalue weighted by atomic mass is 10.2. The van der Waals surface area contributed by atoms with Gasteiger partial charge in [-0.2, -0.15) is 4.31 Å². The van der Waals surface area contributed by atoms with E-state index < -0.39 is 15.9 Å². The van der Waals surface area contributed by atoms with Crippen molar-refractivity contribution in [3.63, 3.8) is 0 Å². The molecule has 0 aliphatic heterocycles. The summed E-state index contributed by atoms with van der Waals surface area (Å²) in [7, 11) is -3.94. The van der Waals surface area contributed by atoms with Crippen LogP contribution in [0.1, 0.15) is 12.5 Å². The lowest BCUT2D eigenvalue weighted by Gasteiger charge is -2.22. The van der Waals surface area contributed by atoms with Crippen molar-refractivity contribution in [3.05, 3.63) is 89.4 Å². The minimum absolute atomic E-state index is 0.0479. The first-order valence-corrected chi connectivity index (χ1v) is 11.5. The van der Waals surface area contributed by atoms with Gasteiger partial charge in [-0.25, -0.2) is 8.42 Å². The summed E-state index contributed by atoms with van der Waals surface area (Å²) in [6.07, 6.45) is 0. The van der Waals surface area contributed by atoms with Gasteiger partial charge in [0.2, 0.25) is 15.9 Å². The zero-order valence-electron chi connectivity index (χ0n) is 17.0. The Morgan fingerprint density at radius 1 is 0.968 bits per heavy atom. The zero-order chi connectivity index (χ0) is 22.3. The SMILES string of the molecule is CCOc1ccccc1NC(=O)CN(Cc1ccccc1)S(=O)(=O)c1ccc(Cl)cc1. The summed E-state index contributed by atoms with van der Waals surface area (Å²) < 4.78 is 33.2. The molecule has 0 aliphatic carbocycles. The molecule has 0 bridgehead atoms. The molecule has 0 aliphatic rings. The second kappa shape index (κ2) is 10.4. The lowest BCUT2D eigenvalue weighted by Crippen LogP contribution is -2.37. The predicted octanol–water partition coefficient (Wildman–Crippen LogP) is 4.57. The first-order chi connectivity index (χ1) is 14.9. The Hall–Kier alpha value is -2.87. The van der Waals surface area contributed by atoms with E-state index >= 15 is 0 Å². The van der Waals surface area contributed by atoms with Crippen molar-refractivity contribution < 1.29 is 17.9 Å². The third-order valence-electron chi connectivity index (χ3n) is 4.43. The van der Waals surface area contributed by atoms with E-state index in [-0.39, 0.29) is 18.0 Å². The molecule has 3 rings (SSSR count). The minimum atomic E-state index is -3.94. The molecular weight excluding hydrogens is 436 g/mol. The first-order valence-electron chi connectivity index (χ1n) is 9.71. The average Bonchev–Trinajstić information content (AvgIpc) is 2.76. The number of halogens is 1. The number of anilines is 1. The molecule has 1 amide bonds. The maximum Gasteiger partial charge on any atom is 0.243 e. The molecule has 0 unspecified atom stereocenters. The molecule has 0 atom stereocenters. The van der Waals surface area contributed by atoms with Gasteiger partial charge in [0.05, 0.1) is 23.7 Å². The van der Waals surface area contributed by atoms with Crippen LogP contribution in [0.15, 0.2) is 83.8 Å². The van der Waals surface area contributed by atoms with Crippen molar-refractivity contribution in [2.75, 3.05) is 18.5 Å². The summed E-state index contributed by atoms with van der Waals surface area (Å²) in [6.45, 7) is 1.98. The fourth-order valence-electron chi connectivity index (χ4n) is 2.97. The van der Waals surface area contributed by atoms with Crippen LogP contribution in [0.25, 0.3) is 0 Å². The van der Waals surface area contributed by atoms with Crippen molar-refractivity contribution in [1.82, 2.24) is 4.31 Å². The van der Waals surface area contributed by atoms with Crippen molar-refractivity contribution in [2.24, 2.45) is 0 Å². The van der Waals surface area contributed by atoms with E-state index in [1.807, 2.05) is 37.3 Å². The molecule has 162 valence electrons. The Kier molecular flexibility index (Phi) is 7.68. The summed E-state index contributed by atoms with van der Waals surface area (Å²) in [5, 5.41) is 3.18. The van der Waals surface area contributed by atoms with E-state index in [0.717, 1.165) is 9.87 Å². The van der Waals surface area contributed by atoms with E-state index in [0.29, 0.717) is 23.1 Å². The molecule has 3 aromatic rings. The third kappa shape index (κ3) is 6.07. The van der Waals surface area contributed by atoms with Crippen LogP contribution in [0.2, 0.25) is 5.02 Å². The van der Waals surface area contributed by atoms with Gasteiger partial charge in [-0.15, -0.1) is 0 Å². The molecule has 0 spiro atoms. The van der Waals surface area contributed by atoms with Gasteiger partial charge in [0.15, 0.2) is 0 Å². The number of benzene rings is 3. The molecule has 0 fully saturated rings. The number of hydrogen-bond acceptors (Lipinski definition) is 4. The molecule has 3 aromatic carbocycles. The topological polar surface area (TPSA) is 75.7 Å². The molecule has 31 heavy (non-hydrogen) atoms. The largest absolute Gasteiger partial charge is 0.492 e. The van der Waals surface area contributed by atoms with Crippen LogP contribution in [0.3, 0.4) is 0 Å². The van der Waals surface area contributed by atoms with Gasteiger partial charge in [-0.05, 0) is 48.9 Å². The Labute approximate surface area is 187 Å². The maximum atomic E-state index is 13.3. The zero-order valence-corrected chi connectivity index (χ0v) is 18.6. The summed E-state index contributed by atoms with van der Waals surface area (Å²) in [4.78, 5) is 12.9. The predicted molar refractivity (Wildman–Crippen MR) is 122 cm³/mol. The van der Waals surface area contributed by atoms with E-state index in [9.17, 15) is 13.2 Å². The van der Waals surface area contributed by atoms with Crippen LogP contribution in [0, 0.1) is 0 Å². The fourth-order valence-corrected chi connectivity index (χ4v) is 4.48. The lowest BCUT2D eigenvalue weighted by molar-refractivity contribution is -0.116. The number of nitrogens with zero attached hydrogens (tertiary/aromatic N) is 1. The van der Waals surface area contributed by atoms with E-state index in [2.05, 4.69) is 5.32 Å². The molecular formula is C23H23ClN2O4S. The van der Waals surface area contributed by atoms with E-state index in [1.54, 1.807) is 24.3 Å². The van der Waals surface area contributed by atoms with Gasteiger partial charge in [0.25, 0.3) is 0 Å². The van der Waals surface area contributed by atoms with Gasteiger partial charge >= 0.3 is 0 Å². The van der Waals surface area contributed by atoms with Crippen molar-refractivity contribution in [2.45, 2.75) is 18.4 Å². The second-order valence-corrected chi connectivity index (χ2v) is 9.06. The van der Waals surface area contributed by atoms with Gasteiger partial charge in [-0.3, -0.25) is 4.79 Å². The van der Waals surface area contributed by atoms with Crippen molar-refractivity contribution >= 4 is 33.2 Å². The quantitative estimate of drug-likeness (QED) is 0.509. The second-order valence-electron chi connectivity index (χ2n) is 6.69. The van der Waals surface area contributed by atoms with Crippen LogP contribution in [0.4, 0.5) is 5.69 Å². The highest BCUT2D eigenvalue weighted by molar-refractivity contribution is 7.89. The van der Waals surface area contributed by atoms with Gasteiger partial charge in [0, 0.05) is 11.6 Å². The summed E-state index contributed by atoms with van der Waals surface area (Å²) in [5.41, 5.74) is 1.25. The molecule has 1 N–H and O–H groups in total. The highest BCUT2D eigenvalue weighted by Gasteiger charge is 2.27. The molecule has 0 heterocycles. The standard InChI is InChI=1S/C23H23ClN2O4S/c1-2-30-22-11-7-6-10-21(22)25-23(27)17-26(16-18-8-4-3-5-9-18)31(28,29)20-14-12-19(24)13-15-20/h3-15H,2,16-17H2,1H3,(H,25,27). The van der Waals surface area contributed by atoms with Gasteiger partial charge < -0.3 is 10.1 Å². The number of hydrogen-bond donors (Lipinski definition) is 1. The summed E-state index contributed by atoms with van der Waals surface area (Å²) in [5.74, 6) is 0.0501. The number of sulfonamides is 1. The average molecular weight is 459 g/mol. The van der Waals surface area contributed by atoms with E-state index in [1.165, 1.54) is 24.3 Å². The smallest absolute Gasteiger partial charge is 0.243 e. The number of amides is 1. The van der Waals surface area contributed by atoms with Crippen LogP contribution < -0.4 is 10.1 Å². The molecule has 0 radical (unpaired) electrons. The summed E-state index contributed by atoms with van der Waals surface area (Å²) >= 11 is 5.90.